The number of benzene rings is 4. The molecule has 228 valence electrons. The van der Waals surface area contributed by atoms with Gasteiger partial charge in [-0.15, -0.1) is 0 Å². The van der Waals surface area contributed by atoms with Gasteiger partial charge in [-0.05, 0) is 76.2 Å². The van der Waals surface area contributed by atoms with Gasteiger partial charge in [0.25, 0.3) is 0 Å². The predicted octanol–water partition coefficient (Wildman–Crippen LogP) is 9.83. The van der Waals surface area contributed by atoms with Crippen molar-refractivity contribution in [1.82, 2.24) is 0 Å². The zero-order valence-corrected chi connectivity index (χ0v) is 27.5. The fourth-order valence-electron chi connectivity index (χ4n) is 10.6. The maximum absolute atomic E-state index is 2.76. The third-order valence-electron chi connectivity index (χ3n) is 12.6. The van der Waals surface area contributed by atoms with Gasteiger partial charge in [0.2, 0.25) is 11.4 Å². The van der Waals surface area contributed by atoms with Crippen LogP contribution >= 0.6 is 0 Å². The molecule has 2 nitrogen and oxygen atoms in total. The van der Waals surface area contributed by atoms with Gasteiger partial charge in [0.1, 0.15) is 0 Å². The summed E-state index contributed by atoms with van der Waals surface area (Å²) < 4.78 is 5.31. The fourth-order valence-corrected chi connectivity index (χ4v) is 10.6. The minimum absolute atomic E-state index is 0.0455. The molecule has 0 amide bonds. The van der Waals surface area contributed by atoms with E-state index in [1.807, 2.05) is 0 Å². The van der Waals surface area contributed by atoms with Crippen LogP contribution in [-0.4, -0.2) is 0 Å². The van der Waals surface area contributed by atoms with Crippen LogP contribution in [0.15, 0.2) is 116 Å². The largest absolute Gasteiger partial charge is 0.221 e. The van der Waals surface area contributed by atoms with Crippen LogP contribution in [0.2, 0.25) is 0 Å². The first-order valence-corrected chi connectivity index (χ1v) is 17.7. The Morgan fingerprint density at radius 3 is 2.46 bits per heavy atom. The zero-order chi connectivity index (χ0) is 31.0. The molecule has 4 aromatic carbocycles. The summed E-state index contributed by atoms with van der Waals surface area (Å²) in [5, 5.41) is 5.48. The first kappa shape index (κ1) is 28.0. The summed E-state index contributed by atoms with van der Waals surface area (Å²) >= 11 is 0. The number of nitrogens with zero attached hydrogens (tertiary/aromatic N) is 2. The summed E-state index contributed by atoms with van der Waals surface area (Å²) in [5.74, 6) is 0.975. The molecule has 9 rings (SSSR count). The Bertz CT molecular complexity index is 2160. The summed E-state index contributed by atoms with van der Waals surface area (Å²) in [6, 6.07) is 39.8. The zero-order valence-electron chi connectivity index (χ0n) is 27.5. The van der Waals surface area contributed by atoms with E-state index in [1.54, 1.807) is 11.1 Å². The van der Waals surface area contributed by atoms with Crippen LogP contribution in [0.5, 0.6) is 0 Å². The van der Waals surface area contributed by atoms with Gasteiger partial charge in [-0.25, -0.2) is 0 Å². The number of aryl methyl sites for hydroxylation is 1. The van der Waals surface area contributed by atoms with E-state index < -0.39 is 0 Å². The third-order valence-corrected chi connectivity index (χ3v) is 12.6. The van der Waals surface area contributed by atoms with E-state index in [1.165, 1.54) is 68.9 Å². The van der Waals surface area contributed by atoms with E-state index in [2.05, 4.69) is 145 Å². The number of hydrogen-bond donors (Lipinski definition) is 0. The highest BCUT2D eigenvalue weighted by molar-refractivity contribution is 5.98. The number of pyridine rings is 2. The van der Waals surface area contributed by atoms with Crippen LogP contribution in [0, 0.1) is 5.92 Å². The molecule has 46 heavy (non-hydrogen) atoms. The van der Waals surface area contributed by atoms with E-state index in [4.69, 9.17) is 0 Å². The lowest BCUT2D eigenvalue weighted by molar-refractivity contribution is -0.788. The molecule has 2 heteroatoms. The first-order valence-electron chi connectivity index (χ1n) is 17.7. The molecule has 3 aliphatic rings. The summed E-state index contributed by atoms with van der Waals surface area (Å²) in [6.07, 6.45) is 11.9. The van der Waals surface area contributed by atoms with E-state index in [0.717, 1.165) is 25.8 Å². The maximum atomic E-state index is 2.76. The third kappa shape index (κ3) is 3.53. The molecule has 0 spiro atoms. The molecular weight excluding hydrogens is 556 g/mol. The molecule has 0 saturated heterocycles. The number of fused-ring (bicyclic) bond motifs is 13. The fraction of sp³-hybridized carbons (Fsp3) is 0.318. The quantitative estimate of drug-likeness (QED) is 0.168. The molecule has 0 radical (unpaired) electrons. The molecular formula is C44H44N2+2. The molecule has 4 atom stereocenters. The van der Waals surface area contributed by atoms with Crippen LogP contribution in [0.25, 0.3) is 44.1 Å². The second-order valence-electron chi connectivity index (χ2n) is 14.2. The number of aromatic nitrogens is 2. The standard InChI is InChI=1S/C44H44N2/c1-4-7-14-30-20-22-34-32(27-30)24-26-46-42(34)36-17-10-11-18-38(36)44(6-3)39(28-43(44,46)5-2)37-29-45-25-13-12-19-40(45)41-33-16-9-8-15-31(33)21-23-35(37)41/h8-13,15-27,37,39H,4-7,14,28-29H2,1-3H3/q+2. The molecule has 0 N–H and O–H groups in total. The van der Waals surface area contributed by atoms with Gasteiger partial charge in [0.15, 0.2) is 24.5 Å². The number of unbranched alkanes of at least 4 members (excludes halogenated alkanes) is 1. The highest BCUT2D eigenvalue weighted by atomic mass is 15.1. The van der Waals surface area contributed by atoms with Crippen LogP contribution in [0.4, 0.5) is 0 Å². The van der Waals surface area contributed by atoms with Crippen molar-refractivity contribution in [3.8, 4) is 22.5 Å². The average Bonchev–Trinajstić information content (AvgIpc) is 3.10. The molecule has 1 fully saturated rings. The topological polar surface area (TPSA) is 7.76 Å². The first-order chi connectivity index (χ1) is 22.6. The highest BCUT2D eigenvalue weighted by Gasteiger charge is 2.75. The molecule has 2 aromatic heterocycles. The predicted molar refractivity (Wildman–Crippen MR) is 189 cm³/mol. The molecule has 4 heterocycles. The normalized spacial score (nSPS) is 24.0. The minimum Gasteiger partial charge on any atom is -0.198 e. The molecule has 4 unspecified atom stereocenters. The maximum Gasteiger partial charge on any atom is 0.221 e. The van der Waals surface area contributed by atoms with Crippen molar-refractivity contribution >= 4 is 21.5 Å². The number of hydrogen-bond acceptors (Lipinski definition) is 0. The Morgan fingerprint density at radius 1 is 0.739 bits per heavy atom. The average molecular weight is 601 g/mol. The van der Waals surface area contributed by atoms with Gasteiger partial charge in [-0.3, -0.25) is 0 Å². The highest BCUT2D eigenvalue weighted by Crippen LogP contribution is 2.69. The molecule has 1 aliphatic carbocycles. The van der Waals surface area contributed by atoms with Crippen molar-refractivity contribution in [2.45, 2.75) is 82.7 Å². The van der Waals surface area contributed by atoms with E-state index in [0.29, 0.717) is 11.8 Å². The van der Waals surface area contributed by atoms with Gasteiger partial charge in [0, 0.05) is 37.0 Å². The second kappa shape index (κ2) is 10.4. The lowest BCUT2D eigenvalue weighted by atomic mass is 9.39. The Hall–Kier alpha value is -4.30. The van der Waals surface area contributed by atoms with Crippen molar-refractivity contribution in [2.24, 2.45) is 5.92 Å². The van der Waals surface area contributed by atoms with Crippen molar-refractivity contribution in [1.29, 1.82) is 0 Å². The van der Waals surface area contributed by atoms with Crippen LogP contribution < -0.4 is 9.13 Å². The van der Waals surface area contributed by atoms with Crippen molar-refractivity contribution < 1.29 is 9.13 Å². The van der Waals surface area contributed by atoms with Gasteiger partial charge >= 0.3 is 0 Å². The monoisotopic (exact) mass is 600 g/mol. The van der Waals surface area contributed by atoms with Crippen LogP contribution in [-0.2, 0) is 23.9 Å². The van der Waals surface area contributed by atoms with Gasteiger partial charge in [0.05, 0.1) is 21.9 Å². The van der Waals surface area contributed by atoms with Crippen molar-refractivity contribution in [3.63, 3.8) is 0 Å². The van der Waals surface area contributed by atoms with Crippen LogP contribution in [0.3, 0.4) is 0 Å². The summed E-state index contributed by atoms with van der Waals surface area (Å²) in [6.45, 7) is 8.25. The molecule has 0 bridgehead atoms. The summed E-state index contributed by atoms with van der Waals surface area (Å²) in [5.41, 5.74) is 10.3. The Labute approximate surface area is 273 Å². The lowest BCUT2D eigenvalue weighted by Crippen LogP contribution is -2.80. The van der Waals surface area contributed by atoms with Gasteiger partial charge < -0.3 is 0 Å². The lowest BCUT2D eigenvalue weighted by Gasteiger charge is -2.64. The van der Waals surface area contributed by atoms with E-state index in [-0.39, 0.29) is 11.0 Å². The summed E-state index contributed by atoms with van der Waals surface area (Å²) in [7, 11) is 0. The Kier molecular flexibility index (Phi) is 6.30. The van der Waals surface area contributed by atoms with Crippen molar-refractivity contribution in [2.75, 3.05) is 0 Å². The van der Waals surface area contributed by atoms with E-state index in [9.17, 15) is 0 Å². The van der Waals surface area contributed by atoms with Crippen molar-refractivity contribution in [3.05, 3.63) is 132 Å². The summed E-state index contributed by atoms with van der Waals surface area (Å²) in [4.78, 5) is 0. The second-order valence-corrected chi connectivity index (χ2v) is 14.2. The van der Waals surface area contributed by atoms with Crippen LogP contribution in [0.1, 0.15) is 75.5 Å². The Balaban J connectivity index is 1.26. The van der Waals surface area contributed by atoms with E-state index >= 15 is 0 Å². The molecule has 1 saturated carbocycles. The SMILES string of the molecule is CCCCc1ccc2c3[n+](ccc2c1)C1(CC)CC(C2C[n+]4ccccc4-c4c2ccc2ccccc42)C1(CC)c1ccccc1-3. The Morgan fingerprint density at radius 2 is 1.59 bits per heavy atom. The molecule has 6 aromatic rings. The molecule has 2 aliphatic heterocycles. The number of rotatable bonds is 6. The minimum atomic E-state index is 0.0455. The smallest absolute Gasteiger partial charge is 0.198 e. The van der Waals surface area contributed by atoms with Gasteiger partial charge in [-0.1, -0.05) is 93.9 Å². The van der Waals surface area contributed by atoms with Gasteiger partial charge in [-0.2, -0.15) is 9.13 Å².